The number of rotatable bonds is 7. The van der Waals surface area contributed by atoms with Gasteiger partial charge in [-0.25, -0.2) is 8.42 Å². The van der Waals surface area contributed by atoms with Gasteiger partial charge in [-0.15, -0.1) is 0 Å². The Labute approximate surface area is 245 Å². The number of fused-ring (bicyclic) bond motifs is 4. The normalized spacial score (nSPS) is 22.8. The Balaban J connectivity index is 1.59. The molecule has 0 unspecified atom stereocenters. The molecule has 6 rings (SSSR count). The summed E-state index contributed by atoms with van der Waals surface area (Å²) in [6.45, 7) is 2.35. The van der Waals surface area contributed by atoms with Crippen LogP contribution in [0.2, 0.25) is 0 Å². The topological polar surface area (TPSA) is 114 Å². The number of piperidine rings is 1. The summed E-state index contributed by atoms with van der Waals surface area (Å²) < 4.78 is 45.9. The van der Waals surface area contributed by atoms with Crippen LogP contribution in [0.1, 0.15) is 36.0 Å². The van der Waals surface area contributed by atoms with Gasteiger partial charge in [0, 0.05) is 25.5 Å². The van der Waals surface area contributed by atoms with Crippen molar-refractivity contribution in [2.75, 3.05) is 44.1 Å². The highest BCUT2D eigenvalue weighted by Crippen LogP contribution is 2.60. The number of anilines is 2. The van der Waals surface area contributed by atoms with Gasteiger partial charge in [0.1, 0.15) is 5.75 Å². The second kappa shape index (κ2) is 9.74. The van der Waals surface area contributed by atoms with Crippen molar-refractivity contribution in [1.82, 2.24) is 5.32 Å². The number of benzene rings is 3. The molecule has 2 bridgehead atoms. The number of ether oxygens (including phenoxy) is 3. The molecule has 0 aliphatic carbocycles. The van der Waals surface area contributed by atoms with Gasteiger partial charge in [-0.05, 0) is 49.7 Å². The standard InChI is InChI=1S/C31H33N3O7S/c1-19-9-11-20(12-10-19)42(37,38)33(2)23-14-13-22(27(40-4)28(23)41-5)30-17-18-32-31(29(30)36)16-15-25(35)34(31)26-21(30)7-6-8-24(26)39-3/h6-14,32H,15-18H2,1-5H3/t30-,31+/m1/s1. The molecule has 11 heteroatoms. The third-order valence-electron chi connectivity index (χ3n) is 8.89. The molecule has 2 fully saturated rings. The Hall–Kier alpha value is -4.09. The molecule has 3 aromatic rings. The van der Waals surface area contributed by atoms with Crippen molar-refractivity contribution in [2.24, 2.45) is 0 Å². The first-order chi connectivity index (χ1) is 20.1. The Morgan fingerprint density at radius 1 is 0.881 bits per heavy atom. The highest BCUT2D eigenvalue weighted by Gasteiger charge is 2.67. The van der Waals surface area contributed by atoms with Crippen molar-refractivity contribution in [2.45, 2.75) is 42.2 Å². The molecule has 3 aliphatic rings. The van der Waals surface area contributed by atoms with Gasteiger partial charge in [0.15, 0.2) is 22.9 Å². The van der Waals surface area contributed by atoms with Gasteiger partial charge < -0.3 is 14.2 Å². The number of aryl methyl sites for hydroxylation is 1. The maximum Gasteiger partial charge on any atom is 0.264 e. The lowest BCUT2D eigenvalue weighted by Gasteiger charge is -2.54. The zero-order valence-electron chi connectivity index (χ0n) is 24.2. The van der Waals surface area contributed by atoms with E-state index in [1.54, 1.807) is 47.4 Å². The molecular formula is C31H33N3O7S. The number of Topliss-reactive ketones (excluding diaryl/α,β-unsaturated/α-hetero) is 1. The van der Waals surface area contributed by atoms with E-state index in [0.29, 0.717) is 42.0 Å². The number of sulfonamides is 1. The number of amides is 1. The van der Waals surface area contributed by atoms with Crippen LogP contribution in [0.25, 0.3) is 0 Å². The van der Waals surface area contributed by atoms with Crippen LogP contribution in [0.3, 0.4) is 0 Å². The molecule has 1 N–H and O–H groups in total. The van der Waals surface area contributed by atoms with E-state index in [0.717, 1.165) is 9.87 Å². The molecule has 220 valence electrons. The summed E-state index contributed by atoms with van der Waals surface area (Å²) in [4.78, 5) is 29.8. The number of hydrogen-bond acceptors (Lipinski definition) is 8. The average molecular weight is 592 g/mol. The van der Waals surface area contributed by atoms with Gasteiger partial charge in [-0.1, -0.05) is 35.9 Å². The fraction of sp³-hybridized carbons (Fsp3) is 0.355. The zero-order chi connectivity index (χ0) is 30.0. The first-order valence-electron chi connectivity index (χ1n) is 13.7. The van der Waals surface area contributed by atoms with E-state index >= 15 is 0 Å². The number of nitrogens with one attached hydrogen (secondary N) is 1. The number of ketones is 1. The van der Waals surface area contributed by atoms with Crippen molar-refractivity contribution in [3.63, 3.8) is 0 Å². The van der Waals surface area contributed by atoms with Crippen molar-refractivity contribution in [3.05, 3.63) is 71.3 Å². The van der Waals surface area contributed by atoms with Crippen LogP contribution >= 0.6 is 0 Å². The van der Waals surface area contributed by atoms with E-state index in [1.807, 2.05) is 19.1 Å². The van der Waals surface area contributed by atoms with Crippen LogP contribution in [-0.2, 0) is 25.0 Å². The minimum absolute atomic E-state index is 0.133. The zero-order valence-corrected chi connectivity index (χ0v) is 25.0. The average Bonchev–Trinajstić information content (AvgIpc) is 3.32. The SMILES string of the molecule is COc1cccc2c1N1C(=O)CC[C@]13NCC[C@@]2(c1ccc(N(C)S(=O)(=O)c2ccc(C)cc2)c(OC)c1OC)C3=O. The number of hydrogen-bond donors (Lipinski definition) is 1. The third kappa shape index (κ3) is 3.56. The molecule has 0 saturated carbocycles. The Bertz CT molecular complexity index is 1720. The molecule has 3 aliphatic heterocycles. The number of methoxy groups -OCH3 is 3. The minimum atomic E-state index is -3.95. The van der Waals surface area contributed by atoms with Gasteiger partial charge >= 0.3 is 0 Å². The Morgan fingerprint density at radius 3 is 2.26 bits per heavy atom. The van der Waals surface area contributed by atoms with Gasteiger partial charge in [0.25, 0.3) is 10.0 Å². The van der Waals surface area contributed by atoms with E-state index in [4.69, 9.17) is 14.2 Å². The van der Waals surface area contributed by atoms with E-state index in [-0.39, 0.29) is 40.2 Å². The fourth-order valence-corrected chi connectivity index (χ4v) is 8.08. The number of para-hydroxylation sites is 1. The predicted molar refractivity (Wildman–Crippen MR) is 157 cm³/mol. The number of carbonyl (C=O) groups is 2. The molecule has 2 atom stereocenters. The first-order valence-corrected chi connectivity index (χ1v) is 15.1. The van der Waals surface area contributed by atoms with Crippen LogP contribution in [0.4, 0.5) is 11.4 Å². The van der Waals surface area contributed by atoms with Gasteiger partial charge in [0.2, 0.25) is 5.91 Å². The summed E-state index contributed by atoms with van der Waals surface area (Å²) in [7, 11) is 1.96. The molecule has 2 saturated heterocycles. The minimum Gasteiger partial charge on any atom is -0.495 e. The summed E-state index contributed by atoms with van der Waals surface area (Å²) in [5.41, 5.74) is 0.459. The number of nitrogens with zero attached hydrogens (tertiary/aromatic N) is 2. The van der Waals surface area contributed by atoms with Crippen LogP contribution in [0, 0.1) is 6.92 Å². The second-order valence-electron chi connectivity index (χ2n) is 10.8. The van der Waals surface area contributed by atoms with Crippen LogP contribution in [0.5, 0.6) is 17.2 Å². The van der Waals surface area contributed by atoms with Crippen LogP contribution in [-0.4, -0.2) is 60.7 Å². The van der Waals surface area contributed by atoms with Crippen molar-refractivity contribution < 1.29 is 32.2 Å². The summed E-state index contributed by atoms with van der Waals surface area (Å²) >= 11 is 0. The van der Waals surface area contributed by atoms with Gasteiger partial charge in [-0.2, -0.15) is 0 Å². The number of carbonyl (C=O) groups excluding carboxylic acids is 2. The van der Waals surface area contributed by atoms with E-state index in [2.05, 4.69) is 5.32 Å². The van der Waals surface area contributed by atoms with E-state index in [9.17, 15) is 18.0 Å². The molecule has 1 amide bonds. The maximum atomic E-state index is 14.8. The lowest BCUT2D eigenvalue weighted by Crippen LogP contribution is -2.73. The van der Waals surface area contributed by atoms with Gasteiger partial charge in [-0.3, -0.25) is 24.1 Å². The Kier molecular flexibility index (Phi) is 6.50. The molecule has 3 heterocycles. The lowest BCUT2D eigenvalue weighted by atomic mass is 9.60. The van der Waals surface area contributed by atoms with Crippen molar-refractivity contribution in [3.8, 4) is 17.2 Å². The molecule has 42 heavy (non-hydrogen) atoms. The molecule has 3 aromatic carbocycles. The smallest absolute Gasteiger partial charge is 0.264 e. The molecule has 0 radical (unpaired) electrons. The molecular weight excluding hydrogens is 558 g/mol. The fourth-order valence-electron chi connectivity index (χ4n) is 6.88. The molecule has 10 nitrogen and oxygen atoms in total. The van der Waals surface area contributed by atoms with Crippen molar-refractivity contribution >= 4 is 33.1 Å². The van der Waals surface area contributed by atoms with Crippen LogP contribution in [0.15, 0.2) is 59.5 Å². The second-order valence-corrected chi connectivity index (χ2v) is 12.8. The molecule has 1 spiro atoms. The highest BCUT2D eigenvalue weighted by atomic mass is 32.2. The maximum absolute atomic E-state index is 14.8. The van der Waals surface area contributed by atoms with Crippen molar-refractivity contribution in [1.29, 1.82) is 0 Å². The third-order valence-corrected chi connectivity index (χ3v) is 10.7. The summed E-state index contributed by atoms with van der Waals surface area (Å²) in [6.07, 6.45) is 0.915. The van der Waals surface area contributed by atoms with Crippen LogP contribution < -0.4 is 28.7 Å². The summed E-state index contributed by atoms with van der Waals surface area (Å²) in [5.74, 6) is 0.593. The largest absolute Gasteiger partial charge is 0.495 e. The quantitative estimate of drug-likeness (QED) is 0.444. The Morgan fingerprint density at radius 2 is 1.60 bits per heavy atom. The summed E-state index contributed by atoms with van der Waals surface area (Å²) in [6, 6.07) is 15.4. The summed E-state index contributed by atoms with van der Waals surface area (Å²) in [5, 5.41) is 3.37. The first kappa shape index (κ1) is 28.0. The monoisotopic (exact) mass is 591 g/mol. The highest BCUT2D eigenvalue weighted by molar-refractivity contribution is 7.92. The van der Waals surface area contributed by atoms with Gasteiger partial charge in [0.05, 0.1) is 43.0 Å². The van der Waals surface area contributed by atoms with E-state index < -0.39 is 21.1 Å². The van der Waals surface area contributed by atoms with E-state index in [1.165, 1.54) is 28.4 Å². The predicted octanol–water partition coefficient (Wildman–Crippen LogP) is 3.53. The lowest BCUT2D eigenvalue weighted by molar-refractivity contribution is -0.134. The molecule has 0 aromatic heterocycles.